The summed E-state index contributed by atoms with van der Waals surface area (Å²) in [4.78, 5) is 24.1. The fourth-order valence-corrected chi connectivity index (χ4v) is 2.05. The molecule has 1 heterocycles. The Labute approximate surface area is 120 Å². The quantitative estimate of drug-likeness (QED) is 0.661. The van der Waals surface area contributed by atoms with E-state index in [0.717, 1.165) is 12.8 Å². The van der Waals surface area contributed by atoms with Gasteiger partial charge in [0, 0.05) is 32.2 Å². The molecule has 0 spiro atoms. The van der Waals surface area contributed by atoms with Crippen LogP contribution in [0, 0.1) is 0 Å². The van der Waals surface area contributed by atoms with Crippen LogP contribution >= 0.6 is 0 Å². The van der Waals surface area contributed by atoms with Crippen molar-refractivity contribution < 1.29 is 14.3 Å². The highest BCUT2D eigenvalue weighted by atomic mass is 16.6. The molecule has 1 aliphatic rings. The van der Waals surface area contributed by atoms with Crippen molar-refractivity contribution in [3.05, 3.63) is 0 Å². The Morgan fingerprint density at radius 2 is 1.85 bits per heavy atom. The third-order valence-electron chi connectivity index (χ3n) is 3.00. The van der Waals surface area contributed by atoms with Crippen LogP contribution in [-0.4, -0.2) is 54.8 Å². The lowest BCUT2D eigenvalue weighted by Crippen LogP contribution is -2.47. The lowest BCUT2D eigenvalue weighted by atomic mass is 10.1. The number of amides is 3. The van der Waals surface area contributed by atoms with Crippen molar-refractivity contribution in [2.24, 2.45) is 5.73 Å². The van der Waals surface area contributed by atoms with E-state index in [9.17, 15) is 9.59 Å². The molecule has 1 fully saturated rings. The van der Waals surface area contributed by atoms with Crippen molar-refractivity contribution in [2.75, 3.05) is 26.2 Å². The third kappa shape index (κ3) is 6.60. The number of ether oxygens (including phenoxy) is 1. The summed E-state index contributed by atoms with van der Waals surface area (Å²) in [5, 5.41) is 5.87. The molecule has 20 heavy (non-hydrogen) atoms. The van der Waals surface area contributed by atoms with Crippen molar-refractivity contribution in [2.45, 2.75) is 45.3 Å². The summed E-state index contributed by atoms with van der Waals surface area (Å²) in [6, 6.07) is -0.144. The van der Waals surface area contributed by atoms with E-state index in [4.69, 9.17) is 10.5 Å². The summed E-state index contributed by atoms with van der Waals surface area (Å²) < 4.78 is 5.34. The second-order valence-electron chi connectivity index (χ2n) is 5.99. The van der Waals surface area contributed by atoms with Crippen LogP contribution in [0.2, 0.25) is 0 Å². The van der Waals surface area contributed by atoms with E-state index >= 15 is 0 Å². The van der Waals surface area contributed by atoms with Gasteiger partial charge in [-0.25, -0.2) is 9.59 Å². The molecule has 1 rings (SSSR count). The second-order valence-corrected chi connectivity index (χ2v) is 5.99. The number of primary amides is 1. The number of hydrogen-bond donors (Lipinski definition) is 3. The molecule has 0 atom stereocenters. The number of piperidine rings is 1. The van der Waals surface area contributed by atoms with Gasteiger partial charge in [0.1, 0.15) is 5.60 Å². The van der Waals surface area contributed by atoms with Crippen molar-refractivity contribution >= 4 is 12.1 Å². The van der Waals surface area contributed by atoms with Gasteiger partial charge in [-0.2, -0.15) is 0 Å². The van der Waals surface area contributed by atoms with Crippen LogP contribution in [0.25, 0.3) is 0 Å². The monoisotopic (exact) mass is 286 g/mol. The van der Waals surface area contributed by atoms with Gasteiger partial charge < -0.3 is 26.0 Å². The molecule has 0 aromatic carbocycles. The summed E-state index contributed by atoms with van der Waals surface area (Å²) >= 11 is 0. The Morgan fingerprint density at radius 3 is 2.35 bits per heavy atom. The average Bonchev–Trinajstić information content (AvgIpc) is 2.33. The number of likely N-dealkylation sites (tertiary alicyclic amines) is 1. The van der Waals surface area contributed by atoms with E-state index in [2.05, 4.69) is 10.6 Å². The molecule has 7 nitrogen and oxygen atoms in total. The van der Waals surface area contributed by atoms with Gasteiger partial charge in [0.25, 0.3) is 0 Å². The lowest BCUT2D eigenvalue weighted by Gasteiger charge is -2.33. The molecule has 0 aromatic heterocycles. The van der Waals surface area contributed by atoms with E-state index in [-0.39, 0.29) is 6.09 Å². The summed E-state index contributed by atoms with van der Waals surface area (Å²) in [7, 11) is 0. The first-order chi connectivity index (χ1) is 9.28. The highest BCUT2D eigenvalue weighted by Gasteiger charge is 2.26. The zero-order valence-electron chi connectivity index (χ0n) is 12.6. The zero-order chi connectivity index (χ0) is 15.2. The predicted molar refractivity (Wildman–Crippen MR) is 76.4 cm³/mol. The summed E-state index contributed by atoms with van der Waals surface area (Å²) in [5.74, 6) is 0. The van der Waals surface area contributed by atoms with Gasteiger partial charge in [-0.3, -0.25) is 0 Å². The Morgan fingerprint density at radius 1 is 1.25 bits per heavy atom. The predicted octanol–water partition coefficient (Wildman–Crippen LogP) is 0.644. The van der Waals surface area contributed by atoms with Crippen LogP contribution < -0.4 is 16.4 Å². The molecule has 0 bridgehead atoms. The summed E-state index contributed by atoms with van der Waals surface area (Å²) in [5.41, 5.74) is 4.53. The van der Waals surface area contributed by atoms with Crippen molar-refractivity contribution in [3.8, 4) is 0 Å². The number of hydrogen-bond acceptors (Lipinski definition) is 4. The summed E-state index contributed by atoms with van der Waals surface area (Å²) in [6.07, 6.45) is 1.53. The van der Waals surface area contributed by atoms with Gasteiger partial charge in [0.15, 0.2) is 0 Å². The number of nitrogens with two attached hydrogens (primary N) is 1. The second kappa shape index (κ2) is 7.33. The lowest BCUT2D eigenvalue weighted by molar-refractivity contribution is 0.0198. The van der Waals surface area contributed by atoms with E-state index in [1.165, 1.54) is 0 Å². The Balaban J connectivity index is 2.19. The van der Waals surface area contributed by atoms with Crippen LogP contribution in [0.15, 0.2) is 0 Å². The van der Waals surface area contributed by atoms with Crippen molar-refractivity contribution in [1.82, 2.24) is 15.5 Å². The van der Waals surface area contributed by atoms with Crippen LogP contribution in [0.3, 0.4) is 0 Å². The zero-order valence-corrected chi connectivity index (χ0v) is 12.6. The molecule has 116 valence electrons. The van der Waals surface area contributed by atoms with Gasteiger partial charge in [0.05, 0.1) is 0 Å². The molecule has 0 aromatic rings. The first kappa shape index (κ1) is 16.6. The minimum Gasteiger partial charge on any atom is -0.444 e. The van der Waals surface area contributed by atoms with Crippen LogP contribution in [0.4, 0.5) is 9.59 Å². The van der Waals surface area contributed by atoms with Crippen molar-refractivity contribution in [3.63, 3.8) is 0 Å². The molecule has 0 aliphatic carbocycles. The largest absolute Gasteiger partial charge is 0.444 e. The standard InChI is InChI=1S/C13H26N4O3/c1-13(2,3)20-12(19)17-8-4-10(5-9-17)15-6-7-16-11(14)18/h10,15H,4-9H2,1-3H3,(H3,14,16,18). The van der Waals surface area contributed by atoms with Crippen molar-refractivity contribution in [1.29, 1.82) is 0 Å². The highest BCUT2D eigenvalue weighted by molar-refractivity contribution is 5.71. The van der Waals surface area contributed by atoms with Gasteiger partial charge >= 0.3 is 12.1 Å². The maximum absolute atomic E-state index is 11.9. The molecule has 0 radical (unpaired) electrons. The highest BCUT2D eigenvalue weighted by Crippen LogP contribution is 2.15. The van der Waals surface area contributed by atoms with E-state index in [0.29, 0.717) is 32.2 Å². The van der Waals surface area contributed by atoms with Crippen LogP contribution in [0.5, 0.6) is 0 Å². The number of urea groups is 1. The smallest absolute Gasteiger partial charge is 0.410 e. The molecule has 1 aliphatic heterocycles. The number of rotatable bonds is 4. The molecule has 1 saturated heterocycles. The average molecular weight is 286 g/mol. The van der Waals surface area contributed by atoms with Crippen LogP contribution in [0.1, 0.15) is 33.6 Å². The van der Waals surface area contributed by atoms with E-state index in [1.807, 2.05) is 20.8 Å². The van der Waals surface area contributed by atoms with Gasteiger partial charge in [-0.15, -0.1) is 0 Å². The molecule has 0 unspecified atom stereocenters. The molecular weight excluding hydrogens is 260 g/mol. The normalized spacial score (nSPS) is 16.9. The maximum atomic E-state index is 11.9. The fraction of sp³-hybridized carbons (Fsp3) is 0.846. The molecule has 7 heteroatoms. The van der Waals surface area contributed by atoms with Gasteiger partial charge in [0.2, 0.25) is 0 Å². The van der Waals surface area contributed by atoms with E-state index in [1.54, 1.807) is 4.90 Å². The molecule has 4 N–H and O–H groups in total. The first-order valence-electron chi connectivity index (χ1n) is 7.02. The number of carbonyl (C=O) groups is 2. The molecule has 0 saturated carbocycles. The number of nitrogens with zero attached hydrogens (tertiary/aromatic N) is 1. The molecule has 3 amide bonds. The Bertz CT molecular complexity index is 333. The third-order valence-corrected chi connectivity index (χ3v) is 3.00. The van der Waals surface area contributed by atoms with Gasteiger partial charge in [-0.1, -0.05) is 0 Å². The number of carbonyl (C=O) groups excluding carboxylic acids is 2. The van der Waals surface area contributed by atoms with Gasteiger partial charge in [-0.05, 0) is 33.6 Å². The topological polar surface area (TPSA) is 96.7 Å². The fourth-order valence-electron chi connectivity index (χ4n) is 2.05. The minimum atomic E-state index is -0.508. The first-order valence-corrected chi connectivity index (χ1v) is 7.02. The maximum Gasteiger partial charge on any atom is 0.410 e. The summed E-state index contributed by atoms with van der Waals surface area (Å²) in [6.45, 7) is 8.17. The molecular formula is C13H26N4O3. The number of nitrogens with one attached hydrogen (secondary N) is 2. The Hall–Kier alpha value is -1.50. The minimum absolute atomic E-state index is 0.244. The van der Waals surface area contributed by atoms with E-state index < -0.39 is 11.6 Å². The van der Waals surface area contributed by atoms with Crippen LogP contribution in [-0.2, 0) is 4.74 Å². The SMILES string of the molecule is CC(C)(C)OC(=O)N1CCC(NCCNC(N)=O)CC1. The Kier molecular flexibility index (Phi) is 6.06.